The summed E-state index contributed by atoms with van der Waals surface area (Å²) < 4.78 is 7.04. The van der Waals surface area contributed by atoms with Gasteiger partial charge in [0, 0.05) is 12.3 Å². The van der Waals surface area contributed by atoms with Gasteiger partial charge in [-0.15, -0.1) is 0 Å². The maximum Gasteiger partial charge on any atom is 0.314 e. The molecule has 0 spiro atoms. The smallest absolute Gasteiger partial charge is 0.314 e. The fourth-order valence-corrected chi connectivity index (χ4v) is 3.16. The molecule has 3 rings (SSSR count). The van der Waals surface area contributed by atoms with Crippen LogP contribution in [0, 0.1) is 12.8 Å². The molecule has 2 aromatic heterocycles. The summed E-state index contributed by atoms with van der Waals surface area (Å²) >= 11 is 0. The fraction of sp³-hybridized carbons (Fsp3) is 0.318. The predicted octanol–water partition coefficient (Wildman–Crippen LogP) is 3.88. The van der Waals surface area contributed by atoms with Crippen LogP contribution in [0.3, 0.4) is 0 Å². The minimum absolute atomic E-state index is 0.0157. The number of carbonyl (C=O) groups is 1. The van der Waals surface area contributed by atoms with Gasteiger partial charge in [0.1, 0.15) is 12.3 Å². The van der Waals surface area contributed by atoms with Crippen LogP contribution >= 0.6 is 0 Å². The number of pyridine rings is 1. The number of fused-ring (bicyclic) bond motifs is 1. The van der Waals surface area contributed by atoms with Crippen molar-refractivity contribution in [2.45, 2.75) is 39.7 Å². The Morgan fingerprint density at radius 1 is 1.19 bits per heavy atom. The zero-order valence-electron chi connectivity index (χ0n) is 15.9. The molecule has 2 heterocycles. The van der Waals surface area contributed by atoms with Crippen molar-refractivity contribution in [2.75, 3.05) is 0 Å². The van der Waals surface area contributed by atoms with Gasteiger partial charge in [-0.2, -0.15) is 0 Å². The lowest BCUT2D eigenvalue weighted by Crippen LogP contribution is -2.23. The third-order valence-electron chi connectivity index (χ3n) is 4.85. The lowest BCUT2D eigenvalue weighted by molar-refractivity contribution is -0.148. The van der Waals surface area contributed by atoms with E-state index in [1.165, 1.54) is 10.5 Å². The van der Waals surface area contributed by atoms with Crippen molar-refractivity contribution in [1.82, 2.24) is 9.38 Å². The van der Waals surface area contributed by atoms with Crippen molar-refractivity contribution in [2.24, 2.45) is 5.92 Å². The monoisotopic (exact) mass is 364 g/mol. The Labute approximate surface area is 158 Å². The van der Waals surface area contributed by atoms with Gasteiger partial charge in [-0.3, -0.25) is 14.0 Å². The number of aromatic nitrogens is 2. The van der Waals surface area contributed by atoms with E-state index < -0.39 is 0 Å². The van der Waals surface area contributed by atoms with Gasteiger partial charge < -0.3 is 4.74 Å². The maximum absolute atomic E-state index is 12.8. The van der Waals surface area contributed by atoms with E-state index in [4.69, 9.17) is 4.74 Å². The summed E-state index contributed by atoms with van der Waals surface area (Å²) in [4.78, 5) is 29.5. The average molecular weight is 364 g/mol. The molecule has 27 heavy (non-hydrogen) atoms. The highest BCUT2D eigenvalue weighted by Gasteiger charge is 2.27. The van der Waals surface area contributed by atoms with Gasteiger partial charge in [-0.1, -0.05) is 56.7 Å². The number of benzene rings is 1. The van der Waals surface area contributed by atoms with Crippen LogP contribution in [0.25, 0.3) is 5.65 Å². The van der Waals surface area contributed by atoms with Gasteiger partial charge in [-0.05, 0) is 30.0 Å². The second kappa shape index (κ2) is 8.16. The van der Waals surface area contributed by atoms with Crippen LogP contribution in [0.2, 0.25) is 0 Å². The summed E-state index contributed by atoms with van der Waals surface area (Å²) in [6.07, 6.45) is 2.61. The molecule has 0 aliphatic carbocycles. The molecule has 3 aromatic rings. The van der Waals surface area contributed by atoms with E-state index in [9.17, 15) is 9.59 Å². The quantitative estimate of drug-likeness (QED) is 0.623. The van der Waals surface area contributed by atoms with Crippen LogP contribution in [0.4, 0.5) is 0 Å². The van der Waals surface area contributed by atoms with Crippen molar-refractivity contribution in [3.8, 4) is 0 Å². The lowest BCUT2D eigenvalue weighted by atomic mass is 9.86. The molecule has 0 bridgehead atoms. The number of rotatable bonds is 6. The Morgan fingerprint density at radius 2 is 1.93 bits per heavy atom. The number of aryl methyl sites for hydroxylation is 1. The molecular weight excluding hydrogens is 340 g/mol. The zero-order chi connectivity index (χ0) is 19.4. The summed E-state index contributed by atoms with van der Waals surface area (Å²) in [7, 11) is 0. The Kier molecular flexibility index (Phi) is 5.69. The first-order chi connectivity index (χ1) is 13.0. The SMILES string of the molecule is CC[C@@H](C)[C@H](C(=O)OCc1cc(=O)n2cc(C)ccc2n1)c1ccccc1. The Hall–Kier alpha value is -2.95. The van der Waals surface area contributed by atoms with E-state index >= 15 is 0 Å². The molecule has 1 aromatic carbocycles. The van der Waals surface area contributed by atoms with Gasteiger partial charge in [0.05, 0.1) is 11.6 Å². The van der Waals surface area contributed by atoms with Crippen molar-refractivity contribution in [1.29, 1.82) is 0 Å². The number of nitrogens with zero attached hydrogens (tertiary/aromatic N) is 2. The first kappa shape index (κ1) is 18.8. The van der Waals surface area contributed by atoms with Crippen LogP contribution in [0.1, 0.15) is 43.0 Å². The zero-order valence-corrected chi connectivity index (χ0v) is 15.9. The largest absolute Gasteiger partial charge is 0.459 e. The third-order valence-corrected chi connectivity index (χ3v) is 4.85. The fourth-order valence-electron chi connectivity index (χ4n) is 3.16. The van der Waals surface area contributed by atoms with Crippen LogP contribution < -0.4 is 5.56 Å². The van der Waals surface area contributed by atoms with Gasteiger partial charge in [0.2, 0.25) is 0 Å². The van der Waals surface area contributed by atoms with E-state index in [0.29, 0.717) is 11.3 Å². The molecule has 5 heteroatoms. The molecule has 0 amide bonds. The van der Waals surface area contributed by atoms with E-state index in [0.717, 1.165) is 17.5 Å². The van der Waals surface area contributed by atoms with Crippen LogP contribution in [0.5, 0.6) is 0 Å². The number of ether oxygens (including phenoxy) is 1. The molecule has 0 saturated heterocycles. The second-order valence-electron chi connectivity index (χ2n) is 6.90. The van der Waals surface area contributed by atoms with Gasteiger partial charge in [0.15, 0.2) is 0 Å². The molecule has 0 N–H and O–H groups in total. The highest BCUT2D eigenvalue weighted by molar-refractivity contribution is 5.78. The molecule has 0 fully saturated rings. The van der Waals surface area contributed by atoms with Crippen molar-refractivity contribution >= 4 is 11.6 Å². The minimum atomic E-state index is -0.333. The summed E-state index contributed by atoms with van der Waals surface area (Å²) in [6.45, 7) is 6.00. The molecular formula is C22H24N2O3. The molecule has 0 radical (unpaired) electrons. The second-order valence-corrected chi connectivity index (χ2v) is 6.90. The number of hydrogen-bond donors (Lipinski definition) is 0. The number of carbonyl (C=O) groups excluding carboxylic acids is 1. The molecule has 2 atom stereocenters. The van der Waals surface area contributed by atoms with Crippen molar-refractivity contribution < 1.29 is 9.53 Å². The molecule has 0 unspecified atom stereocenters. The average Bonchev–Trinajstić information content (AvgIpc) is 2.68. The van der Waals surface area contributed by atoms with Crippen LogP contribution in [0.15, 0.2) is 59.5 Å². The molecule has 0 aliphatic rings. The van der Waals surface area contributed by atoms with E-state index in [2.05, 4.69) is 11.9 Å². The topological polar surface area (TPSA) is 60.7 Å². The van der Waals surface area contributed by atoms with Gasteiger partial charge in [0.25, 0.3) is 5.56 Å². The number of hydrogen-bond acceptors (Lipinski definition) is 4. The normalized spacial score (nSPS) is 13.3. The lowest BCUT2D eigenvalue weighted by Gasteiger charge is -2.21. The number of esters is 1. The summed E-state index contributed by atoms with van der Waals surface area (Å²) in [5.41, 5.74) is 2.73. The third kappa shape index (κ3) is 4.25. The highest BCUT2D eigenvalue weighted by atomic mass is 16.5. The van der Waals surface area contributed by atoms with Crippen LogP contribution in [-0.2, 0) is 16.1 Å². The van der Waals surface area contributed by atoms with Gasteiger partial charge in [-0.25, -0.2) is 4.98 Å². The van der Waals surface area contributed by atoms with E-state index in [1.807, 2.05) is 50.2 Å². The first-order valence-corrected chi connectivity index (χ1v) is 9.20. The van der Waals surface area contributed by atoms with E-state index in [-0.39, 0.29) is 30.0 Å². The van der Waals surface area contributed by atoms with Crippen LogP contribution in [-0.4, -0.2) is 15.4 Å². The molecule has 5 nitrogen and oxygen atoms in total. The molecule has 0 saturated carbocycles. The predicted molar refractivity (Wildman–Crippen MR) is 105 cm³/mol. The highest BCUT2D eigenvalue weighted by Crippen LogP contribution is 2.28. The van der Waals surface area contributed by atoms with Gasteiger partial charge >= 0.3 is 5.97 Å². The van der Waals surface area contributed by atoms with E-state index in [1.54, 1.807) is 12.3 Å². The molecule has 140 valence electrons. The summed E-state index contributed by atoms with van der Waals surface area (Å²) in [5.74, 6) is -0.472. The van der Waals surface area contributed by atoms with Crippen molar-refractivity contribution in [3.05, 3.63) is 81.9 Å². The molecule has 0 aliphatic heterocycles. The van der Waals surface area contributed by atoms with Crippen molar-refractivity contribution in [3.63, 3.8) is 0 Å². The Morgan fingerprint density at radius 3 is 2.63 bits per heavy atom. The Balaban J connectivity index is 1.80. The first-order valence-electron chi connectivity index (χ1n) is 9.20. The standard InChI is InChI=1S/C22H24N2O3/c1-4-16(3)21(17-8-6-5-7-9-17)22(26)27-14-18-12-20(25)24-13-15(2)10-11-19(24)23-18/h5-13,16,21H,4,14H2,1-3H3/t16-,21+/m1/s1. The summed E-state index contributed by atoms with van der Waals surface area (Å²) in [5, 5.41) is 0. The minimum Gasteiger partial charge on any atom is -0.459 e. The Bertz CT molecular complexity index is 995. The maximum atomic E-state index is 12.8. The summed E-state index contributed by atoms with van der Waals surface area (Å²) in [6, 6.07) is 14.8.